The van der Waals surface area contributed by atoms with E-state index in [0.717, 1.165) is 74.3 Å². The fraction of sp³-hybridized carbons (Fsp3) is 0.515. The van der Waals surface area contributed by atoms with Crippen molar-refractivity contribution < 1.29 is 18.1 Å². The van der Waals surface area contributed by atoms with E-state index in [1.54, 1.807) is 12.1 Å². The molecule has 0 radical (unpaired) electrons. The molecule has 0 unspecified atom stereocenters. The molecule has 0 spiro atoms. The molecule has 2 aromatic carbocycles. The molecule has 0 saturated heterocycles. The minimum atomic E-state index is -1.16. The van der Waals surface area contributed by atoms with Gasteiger partial charge in [0.1, 0.15) is 17.6 Å². The molecule has 210 valence electrons. The number of benzene rings is 2. The van der Waals surface area contributed by atoms with Crippen molar-refractivity contribution in [2.45, 2.75) is 87.6 Å². The molecule has 0 atom stereocenters. The van der Waals surface area contributed by atoms with E-state index < -0.39 is 16.9 Å². The van der Waals surface area contributed by atoms with Crippen LogP contribution >= 0.6 is 0 Å². The van der Waals surface area contributed by atoms with E-state index >= 15 is 0 Å². The molecule has 10 rings (SSSR count). The van der Waals surface area contributed by atoms with E-state index in [-0.39, 0.29) is 22.3 Å². The summed E-state index contributed by atoms with van der Waals surface area (Å²) in [5.74, 6) is 1.59. The van der Waals surface area contributed by atoms with Crippen LogP contribution in [0.25, 0.3) is 11.1 Å². The number of alkyl halides is 1. The van der Waals surface area contributed by atoms with Crippen LogP contribution in [0.3, 0.4) is 0 Å². The first kappa shape index (κ1) is 25.1. The first-order valence-electron chi connectivity index (χ1n) is 14.9. The predicted octanol–water partition coefficient (Wildman–Crippen LogP) is 7.14. The summed E-state index contributed by atoms with van der Waals surface area (Å²) >= 11 is 0. The Labute approximate surface area is 237 Å². The van der Waals surface area contributed by atoms with Gasteiger partial charge in [0, 0.05) is 23.6 Å². The molecule has 6 nitrogen and oxygen atoms in total. The summed E-state index contributed by atoms with van der Waals surface area (Å²) in [4.78, 5) is 20.9. The number of rotatable bonds is 7. The zero-order valence-electron chi connectivity index (χ0n) is 23.0. The second-order valence-corrected chi connectivity index (χ2v) is 13.7. The number of nitrogens with zero attached hydrogens (tertiary/aromatic N) is 4. The minimum absolute atomic E-state index is 0.0137. The van der Waals surface area contributed by atoms with Crippen LogP contribution in [0.15, 0.2) is 47.0 Å². The van der Waals surface area contributed by atoms with E-state index in [2.05, 4.69) is 5.16 Å². The molecule has 0 aliphatic heterocycles. The highest BCUT2D eigenvalue weighted by molar-refractivity contribution is 6.00. The molecule has 8 heteroatoms. The maximum absolute atomic E-state index is 14.5. The number of carbonyl (C=O) groups is 1. The van der Waals surface area contributed by atoms with Crippen molar-refractivity contribution in [3.63, 3.8) is 0 Å². The van der Waals surface area contributed by atoms with Crippen LogP contribution in [0.4, 0.5) is 14.5 Å². The van der Waals surface area contributed by atoms with Gasteiger partial charge in [-0.05, 0) is 111 Å². The smallest absolute Gasteiger partial charge is 0.233 e. The van der Waals surface area contributed by atoms with E-state index in [0.29, 0.717) is 37.3 Å². The molecule has 7 fully saturated rings. The van der Waals surface area contributed by atoms with Crippen LogP contribution in [0.2, 0.25) is 0 Å². The standard InChI is InChI=1S/C33H32F2N4O2/c34-26-7-6-23(14-24(26)16-36)22-2-1-3-25(15-22)39(29(40)32-17-33(35,18-32)19-32)20-30-8-11-31(12-9-30,13-10-30)28-37-27(38-41-28)21-4-5-21/h1-3,6-7,14-15,21H,4-5,8-13,17-20H2. The molecule has 3 aromatic rings. The lowest BCUT2D eigenvalue weighted by molar-refractivity contribution is -0.211. The first-order valence-corrected chi connectivity index (χ1v) is 14.9. The average Bonchev–Trinajstić information content (AvgIpc) is 3.70. The summed E-state index contributed by atoms with van der Waals surface area (Å²) in [6, 6.07) is 14.1. The minimum Gasteiger partial charge on any atom is -0.339 e. The zero-order valence-corrected chi connectivity index (χ0v) is 23.0. The largest absolute Gasteiger partial charge is 0.339 e. The normalized spacial score (nSPS) is 33.0. The average molecular weight is 555 g/mol. The monoisotopic (exact) mass is 554 g/mol. The summed E-state index contributed by atoms with van der Waals surface area (Å²) in [6.07, 6.45) is 9.05. The summed E-state index contributed by atoms with van der Waals surface area (Å²) in [5.41, 5.74) is 0.441. The number of hydrogen-bond acceptors (Lipinski definition) is 5. The van der Waals surface area contributed by atoms with Crippen molar-refractivity contribution in [2.75, 3.05) is 11.4 Å². The Kier molecular flexibility index (Phi) is 5.19. The molecule has 7 aliphatic carbocycles. The van der Waals surface area contributed by atoms with Gasteiger partial charge in [-0.1, -0.05) is 23.4 Å². The number of amides is 1. The Bertz CT molecular complexity index is 1570. The van der Waals surface area contributed by atoms with Crippen molar-refractivity contribution in [3.8, 4) is 17.2 Å². The number of carbonyl (C=O) groups excluding carboxylic acids is 1. The number of fused-ring (bicyclic) bond motifs is 3. The van der Waals surface area contributed by atoms with E-state index in [1.165, 1.54) is 6.07 Å². The van der Waals surface area contributed by atoms with Crippen LogP contribution in [0.5, 0.6) is 0 Å². The Morgan fingerprint density at radius 3 is 2.39 bits per heavy atom. The molecule has 0 N–H and O–H groups in total. The van der Waals surface area contributed by atoms with E-state index in [9.17, 15) is 18.8 Å². The lowest BCUT2D eigenvalue weighted by Gasteiger charge is -2.65. The Morgan fingerprint density at radius 1 is 1.02 bits per heavy atom. The van der Waals surface area contributed by atoms with Crippen molar-refractivity contribution >= 4 is 11.6 Å². The van der Waals surface area contributed by atoms with Gasteiger partial charge in [0.2, 0.25) is 11.8 Å². The molecule has 4 bridgehead atoms. The van der Waals surface area contributed by atoms with Gasteiger partial charge in [0.25, 0.3) is 0 Å². The summed E-state index contributed by atoms with van der Waals surface area (Å²) < 4.78 is 34.4. The summed E-state index contributed by atoms with van der Waals surface area (Å²) in [7, 11) is 0. The maximum Gasteiger partial charge on any atom is 0.233 e. The third-order valence-electron chi connectivity index (χ3n) is 11.0. The molecule has 1 amide bonds. The summed E-state index contributed by atoms with van der Waals surface area (Å²) in [6.45, 7) is 0.594. The highest BCUT2D eigenvalue weighted by Crippen LogP contribution is 2.70. The molecule has 7 aliphatic rings. The first-order chi connectivity index (χ1) is 19.7. The number of hydrogen-bond donors (Lipinski definition) is 0. The van der Waals surface area contributed by atoms with Crippen molar-refractivity contribution in [2.24, 2.45) is 10.8 Å². The highest BCUT2D eigenvalue weighted by Gasteiger charge is 2.73. The van der Waals surface area contributed by atoms with Crippen molar-refractivity contribution in [3.05, 3.63) is 65.6 Å². The second-order valence-electron chi connectivity index (χ2n) is 13.7. The van der Waals surface area contributed by atoms with Gasteiger partial charge in [0.15, 0.2) is 5.82 Å². The van der Waals surface area contributed by atoms with Crippen LogP contribution in [-0.2, 0) is 10.2 Å². The zero-order chi connectivity index (χ0) is 28.0. The van der Waals surface area contributed by atoms with Gasteiger partial charge in [-0.25, -0.2) is 8.78 Å². The Balaban J connectivity index is 1.08. The fourth-order valence-electron chi connectivity index (χ4n) is 8.22. The number of halogens is 2. The fourth-order valence-corrected chi connectivity index (χ4v) is 8.22. The number of anilines is 1. The molecular weight excluding hydrogens is 522 g/mol. The Morgan fingerprint density at radius 2 is 1.73 bits per heavy atom. The third kappa shape index (κ3) is 3.88. The molecule has 1 heterocycles. The van der Waals surface area contributed by atoms with Gasteiger partial charge >= 0.3 is 0 Å². The van der Waals surface area contributed by atoms with Gasteiger partial charge in [-0.15, -0.1) is 0 Å². The Hall–Kier alpha value is -3.60. The number of aromatic nitrogens is 2. The highest BCUT2D eigenvalue weighted by atomic mass is 19.1. The molecule has 41 heavy (non-hydrogen) atoms. The molecule has 1 aromatic heterocycles. The van der Waals surface area contributed by atoms with E-state index in [1.807, 2.05) is 35.2 Å². The summed E-state index contributed by atoms with van der Waals surface area (Å²) in [5, 5.41) is 13.6. The van der Waals surface area contributed by atoms with Gasteiger partial charge in [-0.3, -0.25) is 4.79 Å². The van der Waals surface area contributed by atoms with Gasteiger partial charge < -0.3 is 9.42 Å². The van der Waals surface area contributed by atoms with Crippen molar-refractivity contribution in [1.29, 1.82) is 5.26 Å². The quantitative estimate of drug-likeness (QED) is 0.310. The van der Waals surface area contributed by atoms with Crippen LogP contribution in [0.1, 0.15) is 93.8 Å². The van der Waals surface area contributed by atoms with Crippen molar-refractivity contribution in [1.82, 2.24) is 10.1 Å². The van der Waals surface area contributed by atoms with Crippen LogP contribution in [-0.4, -0.2) is 28.3 Å². The predicted molar refractivity (Wildman–Crippen MR) is 147 cm³/mol. The third-order valence-corrected chi connectivity index (χ3v) is 11.0. The second kappa shape index (κ2) is 8.47. The van der Waals surface area contributed by atoms with E-state index in [4.69, 9.17) is 9.51 Å². The van der Waals surface area contributed by atoms with Crippen LogP contribution < -0.4 is 4.90 Å². The topological polar surface area (TPSA) is 83.0 Å². The SMILES string of the molecule is N#Cc1cc(-c2cccc(N(CC34CCC(c5nc(C6CC6)no5)(CC3)CC4)C(=O)C34CC(F)(C3)C4)c2)ccc1F. The van der Waals surface area contributed by atoms with Gasteiger partial charge in [0.05, 0.1) is 11.0 Å². The van der Waals surface area contributed by atoms with Crippen LogP contribution in [0, 0.1) is 28.0 Å². The maximum atomic E-state index is 14.5. The number of nitriles is 1. The lowest BCUT2D eigenvalue weighted by atomic mass is 9.41. The lowest BCUT2D eigenvalue weighted by Crippen LogP contribution is -2.71. The molecule has 7 saturated carbocycles. The molecular formula is C33H32F2N4O2. The van der Waals surface area contributed by atoms with Gasteiger partial charge in [-0.2, -0.15) is 10.2 Å².